The first kappa shape index (κ1) is 10.7. The molecule has 1 aromatic carbocycles. The molecule has 0 atom stereocenters. The maximum absolute atomic E-state index is 6.40. The van der Waals surface area contributed by atoms with Crippen molar-refractivity contribution in [2.45, 2.75) is 4.90 Å². The number of halogens is 1. The van der Waals surface area contributed by atoms with E-state index in [0.29, 0.717) is 0 Å². The Morgan fingerprint density at radius 1 is 1.33 bits per heavy atom. The highest BCUT2D eigenvalue weighted by Crippen LogP contribution is 2.56. The summed E-state index contributed by atoms with van der Waals surface area (Å²) in [6.45, 7) is 0. The predicted molar refractivity (Wildman–Crippen MR) is 68.4 cm³/mol. The van der Waals surface area contributed by atoms with Crippen molar-refractivity contribution in [1.82, 2.24) is 4.98 Å². The average Bonchev–Trinajstić information content (AvgIpc) is 2.59. The molecule has 0 aliphatic carbocycles. The van der Waals surface area contributed by atoms with Crippen LogP contribution in [0.2, 0.25) is 0 Å². The summed E-state index contributed by atoms with van der Waals surface area (Å²) in [5.41, 5.74) is 1.02. The number of para-hydroxylation sites is 1. The van der Waals surface area contributed by atoms with Crippen molar-refractivity contribution in [2.75, 3.05) is 19.6 Å². The number of nitrogens with one attached hydrogen (secondary N) is 1. The summed E-state index contributed by atoms with van der Waals surface area (Å²) in [5.74, 6) is 0.860. The van der Waals surface area contributed by atoms with E-state index in [4.69, 9.17) is 15.4 Å². The van der Waals surface area contributed by atoms with Crippen LogP contribution in [0.15, 0.2) is 29.3 Å². The molecule has 15 heavy (non-hydrogen) atoms. The zero-order valence-corrected chi connectivity index (χ0v) is 10.6. The zero-order valence-electron chi connectivity index (χ0n) is 9.00. The molecule has 0 saturated heterocycles. The van der Waals surface area contributed by atoms with Crippen molar-refractivity contribution >= 4 is 30.8 Å². The van der Waals surface area contributed by atoms with Crippen LogP contribution in [0.4, 0.5) is 0 Å². The van der Waals surface area contributed by atoms with Gasteiger partial charge in [0, 0.05) is 16.5 Å². The van der Waals surface area contributed by atoms with Crippen LogP contribution in [-0.4, -0.2) is 24.6 Å². The number of aromatic nitrogens is 1. The first-order valence-electron chi connectivity index (χ1n) is 4.61. The molecule has 0 aliphatic rings. The molecule has 1 N–H and O–H groups in total. The molecular weight excluding hydrogens is 230 g/mol. The summed E-state index contributed by atoms with van der Waals surface area (Å²) < 4.78 is 5.29. The first-order chi connectivity index (χ1) is 7.04. The fourth-order valence-electron chi connectivity index (χ4n) is 1.67. The van der Waals surface area contributed by atoms with Crippen LogP contribution in [-0.2, 0) is 0 Å². The summed E-state index contributed by atoms with van der Waals surface area (Å²) in [7, 11) is 6.85. The van der Waals surface area contributed by atoms with Crippen molar-refractivity contribution < 1.29 is 4.74 Å². The Hall–Kier alpha value is -0.800. The van der Waals surface area contributed by atoms with Gasteiger partial charge in [-0.2, -0.15) is 0 Å². The normalized spacial score (nSPS) is 13.1. The maximum Gasteiger partial charge on any atom is 0.142 e. The molecule has 2 nitrogen and oxygen atoms in total. The van der Waals surface area contributed by atoms with Gasteiger partial charge < -0.3 is 9.72 Å². The van der Waals surface area contributed by atoms with E-state index >= 15 is 0 Å². The Morgan fingerprint density at radius 3 is 2.67 bits per heavy atom. The summed E-state index contributed by atoms with van der Waals surface area (Å²) in [6.07, 6.45) is 6.11. The Balaban J connectivity index is 2.72. The van der Waals surface area contributed by atoms with E-state index in [2.05, 4.69) is 23.6 Å². The van der Waals surface area contributed by atoms with Gasteiger partial charge in [-0.15, -0.1) is 9.24 Å². The zero-order chi connectivity index (χ0) is 11.1. The smallest absolute Gasteiger partial charge is 0.142 e. The van der Waals surface area contributed by atoms with Crippen LogP contribution < -0.4 is 4.74 Å². The monoisotopic (exact) mass is 243 g/mol. The maximum atomic E-state index is 6.40. The molecule has 1 heterocycles. The summed E-state index contributed by atoms with van der Waals surface area (Å²) in [6, 6.07) is 6.00. The fourth-order valence-corrected chi connectivity index (χ4v) is 3.09. The molecular formula is C11H14ClNOS. The molecule has 0 aliphatic heterocycles. The van der Waals surface area contributed by atoms with Crippen molar-refractivity contribution in [3.05, 3.63) is 24.4 Å². The lowest BCUT2D eigenvalue weighted by atomic mass is 10.2. The Kier molecular flexibility index (Phi) is 2.61. The van der Waals surface area contributed by atoms with E-state index in [9.17, 15) is 0 Å². The number of aromatic amines is 1. The van der Waals surface area contributed by atoms with Gasteiger partial charge in [-0.05, 0) is 18.6 Å². The number of hydrogen-bond acceptors (Lipinski definition) is 1. The molecule has 2 rings (SSSR count). The SMILES string of the molecule is COc1cccc2c(S(C)(C)Cl)c[nH]c12. The van der Waals surface area contributed by atoms with E-state index in [1.54, 1.807) is 7.11 Å². The molecule has 1 aromatic heterocycles. The highest BCUT2D eigenvalue weighted by atomic mass is 35.7. The number of fused-ring (bicyclic) bond motifs is 1. The highest BCUT2D eigenvalue weighted by molar-refractivity contribution is 8.50. The molecule has 0 radical (unpaired) electrons. The molecule has 4 heteroatoms. The van der Waals surface area contributed by atoms with Gasteiger partial charge in [0.1, 0.15) is 5.75 Å². The summed E-state index contributed by atoms with van der Waals surface area (Å²) in [4.78, 5) is 4.40. The summed E-state index contributed by atoms with van der Waals surface area (Å²) >= 11 is 0. The fraction of sp³-hybridized carbons (Fsp3) is 0.273. The van der Waals surface area contributed by atoms with E-state index < -0.39 is 9.24 Å². The summed E-state index contributed by atoms with van der Waals surface area (Å²) in [5, 5.41) is 1.16. The third kappa shape index (κ3) is 1.82. The standard InChI is InChI=1S/C11H14ClNOS/c1-14-9-6-4-5-8-10(15(2,3)12)7-13-11(8)9/h4-7,13H,1-3H3. The third-order valence-electron chi connectivity index (χ3n) is 2.38. The van der Waals surface area contributed by atoms with Gasteiger partial charge in [0.25, 0.3) is 0 Å². The second kappa shape index (κ2) is 3.65. The number of hydrogen-bond donors (Lipinski definition) is 1. The molecule has 0 bridgehead atoms. The average molecular weight is 244 g/mol. The number of methoxy groups -OCH3 is 1. The van der Waals surface area contributed by atoms with Gasteiger partial charge >= 0.3 is 0 Å². The Labute approximate surface area is 95.4 Å². The number of benzene rings is 1. The van der Waals surface area contributed by atoms with Crippen molar-refractivity contribution in [3.8, 4) is 5.75 Å². The Bertz CT molecular complexity index is 487. The van der Waals surface area contributed by atoms with Crippen LogP contribution in [0.3, 0.4) is 0 Å². The van der Waals surface area contributed by atoms with Gasteiger partial charge in [-0.25, -0.2) is 0 Å². The molecule has 0 fully saturated rings. The lowest BCUT2D eigenvalue weighted by Crippen LogP contribution is -1.86. The molecule has 2 aromatic rings. The van der Waals surface area contributed by atoms with Gasteiger partial charge in [0.15, 0.2) is 0 Å². The second-order valence-electron chi connectivity index (χ2n) is 3.74. The Morgan fingerprint density at radius 2 is 2.07 bits per heavy atom. The van der Waals surface area contributed by atoms with Crippen LogP contribution >= 0.6 is 19.9 Å². The minimum atomic E-state index is -1.23. The van der Waals surface area contributed by atoms with Gasteiger partial charge in [-0.1, -0.05) is 22.8 Å². The predicted octanol–water partition coefficient (Wildman–Crippen LogP) is 3.75. The van der Waals surface area contributed by atoms with Gasteiger partial charge in [-0.3, -0.25) is 0 Å². The van der Waals surface area contributed by atoms with E-state index in [-0.39, 0.29) is 0 Å². The third-order valence-corrected chi connectivity index (χ3v) is 4.26. The van der Waals surface area contributed by atoms with Crippen LogP contribution in [0.1, 0.15) is 0 Å². The van der Waals surface area contributed by atoms with E-state index in [0.717, 1.165) is 16.7 Å². The van der Waals surface area contributed by atoms with Crippen molar-refractivity contribution in [3.63, 3.8) is 0 Å². The minimum absolute atomic E-state index is 0.860. The van der Waals surface area contributed by atoms with E-state index in [1.165, 1.54) is 4.90 Å². The second-order valence-corrected chi connectivity index (χ2v) is 8.90. The first-order valence-corrected chi connectivity index (χ1v) is 7.88. The van der Waals surface area contributed by atoms with Crippen LogP contribution in [0.5, 0.6) is 5.75 Å². The molecule has 82 valence electrons. The quantitative estimate of drug-likeness (QED) is 0.854. The number of rotatable bonds is 2. The van der Waals surface area contributed by atoms with Gasteiger partial charge in [0.2, 0.25) is 0 Å². The number of H-pyrrole nitrogens is 1. The van der Waals surface area contributed by atoms with Crippen molar-refractivity contribution in [2.24, 2.45) is 0 Å². The lowest BCUT2D eigenvalue weighted by molar-refractivity contribution is 0.419. The molecule has 0 spiro atoms. The van der Waals surface area contributed by atoms with Crippen LogP contribution in [0.25, 0.3) is 10.9 Å². The topological polar surface area (TPSA) is 25.0 Å². The molecule has 0 unspecified atom stereocenters. The minimum Gasteiger partial charge on any atom is -0.495 e. The lowest BCUT2D eigenvalue weighted by Gasteiger charge is -2.20. The molecule has 0 amide bonds. The number of ether oxygens (including phenoxy) is 1. The molecule has 0 saturated carbocycles. The van der Waals surface area contributed by atoms with Crippen LogP contribution in [0, 0.1) is 0 Å². The highest BCUT2D eigenvalue weighted by Gasteiger charge is 2.17. The van der Waals surface area contributed by atoms with E-state index in [1.807, 2.05) is 18.3 Å². The van der Waals surface area contributed by atoms with Gasteiger partial charge in [0.05, 0.1) is 12.6 Å². The largest absolute Gasteiger partial charge is 0.495 e. The van der Waals surface area contributed by atoms with Crippen molar-refractivity contribution in [1.29, 1.82) is 0 Å².